The zero-order valence-corrected chi connectivity index (χ0v) is 11.9. The van der Waals surface area contributed by atoms with Gasteiger partial charge in [-0.1, -0.05) is 13.8 Å². The molecule has 2 N–H and O–H groups in total. The van der Waals surface area contributed by atoms with E-state index < -0.39 is 5.97 Å². The molecule has 0 unspecified atom stereocenters. The predicted molar refractivity (Wildman–Crippen MR) is 73.0 cm³/mol. The second-order valence-corrected chi connectivity index (χ2v) is 5.71. The third-order valence-corrected chi connectivity index (χ3v) is 3.14. The van der Waals surface area contributed by atoms with Crippen LogP contribution in [0.5, 0.6) is 0 Å². The monoisotopic (exact) mass is 277 g/mol. The lowest BCUT2D eigenvalue weighted by Crippen LogP contribution is -2.22. The quantitative estimate of drug-likeness (QED) is 0.840. The molecular weight excluding hydrogens is 258 g/mol. The molecule has 20 heavy (non-hydrogen) atoms. The van der Waals surface area contributed by atoms with E-state index in [1.807, 2.05) is 31.5 Å². The van der Waals surface area contributed by atoms with Crippen LogP contribution >= 0.6 is 0 Å². The number of rotatable bonds is 6. The standard InChI is InChI=1S/C13H19N5O2/c1-9-6-10(12-14-8-15-16-12)18(17-9)7-13(2,3)5-4-11(19)20/h6,8H,4-5,7H2,1-3H3,(H,19,20)(H,14,15,16). The molecule has 0 saturated carbocycles. The summed E-state index contributed by atoms with van der Waals surface area (Å²) >= 11 is 0. The minimum atomic E-state index is -0.774. The minimum absolute atomic E-state index is 0.156. The number of carbonyl (C=O) groups is 1. The van der Waals surface area contributed by atoms with Gasteiger partial charge in [-0.3, -0.25) is 14.6 Å². The summed E-state index contributed by atoms with van der Waals surface area (Å²) in [7, 11) is 0. The van der Waals surface area contributed by atoms with Crippen LogP contribution in [0.15, 0.2) is 12.4 Å². The van der Waals surface area contributed by atoms with Gasteiger partial charge in [0.05, 0.1) is 5.69 Å². The molecule has 0 aliphatic rings. The number of aryl methyl sites for hydroxylation is 1. The van der Waals surface area contributed by atoms with Crippen LogP contribution in [0.3, 0.4) is 0 Å². The van der Waals surface area contributed by atoms with Gasteiger partial charge >= 0.3 is 5.97 Å². The Morgan fingerprint density at radius 2 is 2.25 bits per heavy atom. The van der Waals surface area contributed by atoms with Crippen LogP contribution in [0.25, 0.3) is 11.5 Å². The van der Waals surface area contributed by atoms with Gasteiger partial charge in [-0.15, -0.1) is 0 Å². The van der Waals surface area contributed by atoms with Crippen molar-refractivity contribution in [3.05, 3.63) is 18.1 Å². The van der Waals surface area contributed by atoms with E-state index >= 15 is 0 Å². The van der Waals surface area contributed by atoms with E-state index in [-0.39, 0.29) is 11.8 Å². The molecule has 0 fully saturated rings. The van der Waals surface area contributed by atoms with Gasteiger partial charge in [0.1, 0.15) is 12.0 Å². The third kappa shape index (κ3) is 3.43. The maximum absolute atomic E-state index is 10.7. The Balaban J connectivity index is 2.19. The maximum atomic E-state index is 10.7. The fraction of sp³-hybridized carbons (Fsp3) is 0.538. The molecule has 0 aliphatic heterocycles. The first-order chi connectivity index (χ1) is 9.37. The van der Waals surface area contributed by atoms with E-state index in [1.54, 1.807) is 0 Å². The number of H-pyrrole nitrogens is 1. The molecular formula is C13H19N5O2. The van der Waals surface area contributed by atoms with E-state index in [9.17, 15) is 4.79 Å². The van der Waals surface area contributed by atoms with Crippen LogP contribution in [0, 0.1) is 12.3 Å². The molecule has 7 heteroatoms. The molecule has 0 spiro atoms. The number of nitrogens with zero attached hydrogens (tertiary/aromatic N) is 4. The van der Waals surface area contributed by atoms with E-state index in [2.05, 4.69) is 20.3 Å². The van der Waals surface area contributed by atoms with Gasteiger partial charge in [-0.2, -0.15) is 10.2 Å². The zero-order chi connectivity index (χ0) is 14.8. The molecule has 108 valence electrons. The van der Waals surface area contributed by atoms with Crippen LogP contribution in [0.4, 0.5) is 0 Å². The van der Waals surface area contributed by atoms with Crippen LogP contribution < -0.4 is 0 Å². The summed E-state index contributed by atoms with van der Waals surface area (Å²) in [6.07, 6.45) is 2.27. The lowest BCUT2D eigenvalue weighted by molar-refractivity contribution is -0.137. The number of aromatic nitrogens is 5. The summed E-state index contributed by atoms with van der Waals surface area (Å²) in [6, 6.07) is 1.93. The molecule has 7 nitrogen and oxygen atoms in total. The molecule has 0 radical (unpaired) electrons. The first-order valence-corrected chi connectivity index (χ1v) is 6.50. The number of aliphatic carboxylic acids is 1. The Morgan fingerprint density at radius 3 is 2.85 bits per heavy atom. The van der Waals surface area contributed by atoms with E-state index in [0.29, 0.717) is 18.8 Å². The summed E-state index contributed by atoms with van der Waals surface area (Å²) in [4.78, 5) is 14.9. The van der Waals surface area contributed by atoms with E-state index in [4.69, 9.17) is 5.11 Å². The molecule has 0 bridgehead atoms. The van der Waals surface area contributed by atoms with Gasteiger partial charge in [-0.05, 0) is 24.8 Å². The zero-order valence-electron chi connectivity index (χ0n) is 11.9. The smallest absolute Gasteiger partial charge is 0.303 e. The van der Waals surface area contributed by atoms with Gasteiger partial charge in [0.25, 0.3) is 0 Å². The van der Waals surface area contributed by atoms with Crippen LogP contribution in [-0.2, 0) is 11.3 Å². The fourth-order valence-corrected chi connectivity index (χ4v) is 2.11. The van der Waals surface area contributed by atoms with Gasteiger partial charge in [0.2, 0.25) is 0 Å². The first kappa shape index (κ1) is 14.2. The molecule has 2 heterocycles. The van der Waals surface area contributed by atoms with Crippen molar-refractivity contribution in [3.8, 4) is 11.5 Å². The largest absolute Gasteiger partial charge is 0.481 e. The Morgan fingerprint density at radius 1 is 1.50 bits per heavy atom. The normalized spacial score (nSPS) is 11.8. The number of aromatic amines is 1. The van der Waals surface area contributed by atoms with Crippen LogP contribution in [0.2, 0.25) is 0 Å². The van der Waals surface area contributed by atoms with Crippen molar-refractivity contribution >= 4 is 5.97 Å². The van der Waals surface area contributed by atoms with Crippen LogP contribution in [-0.4, -0.2) is 36.0 Å². The average molecular weight is 277 g/mol. The Labute approximate surface area is 117 Å². The van der Waals surface area contributed by atoms with Gasteiger partial charge in [0.15, 0.2) is 5.82 Å². The Bertz CT molecular complexity index is 586. The number of hydrogen-bond donors (Lipinski definition) is 2. The molecule has 0 atom stereocenters. The van der Waals surface area contributed by atoms with Crippen LogP contribution in [0.1, 0.15) is 32.4 Å². The number of carboxylic acid groups (broad SMARTS) is 1. The fourth-order valence-electron chi connectivity index (χ4n) is 2.11. The number of hydrogen-bond acceptors (Lipinski definition) is 4. The van der Waals surface area contributed by atoms with Crippen molar-refractivity contribution < 1.29 is 9.90 Å². The molecule has 0 saturated heterocycles. The highest BCUT2D eigenvalue weighted by atomic mass is 16.4. The molecule has 2 aromatic heterocycles. The van der Waals surface area contributed by atoms with Crippen molar-refractivity contribution in [1.82, 2.24) is 25.0 Å². The predicted octanol–water partition coefficient (Wildman–Crippen LogP) is 1.87. The Kier molecular flexibility index (Phi) is 3.87. The molecule has 0 aliphatic carbocycles. The molecule has 0 aromatic carbocycles. The highest BCUT2D eigenvalue weighted by molar-refractivity contribution is 5.66. The third-order valence-electron chi connectivity index (χ3n) is 3.14. The van der Waals surface area contributed by atoms with Crippen molar-refractivity contribution in [2.75, 3.05) is 0 Å². The average Bonchev–Trinajstić information content (AvgIpc) is 2.95. The molecule has 2 aromatic rings. The molecule has 0 amide bonds. The van der Waals surface area contributed by atoms with E-state index in [1.165, 1.54) is 6.33 Å². The molecule has 2 rings (SSSR count). The minimum Gasteiger partial charge on any atom is -0.481 e. The lowest BCUT2D eigenvalue weighted by Gasteiger charge is -2.24. The summed E-state index contributed by atoms with van der Waals surface area (Å²) in [5.41, 5.74) is 1.56. The van der Waals surface area contributed by atoms with Crippen molar-refractivity contribution in [2.24, 2.45) is 5.41 Å². The van der Waals surface area contributed by atoms with Gasteiger partial charge in [0, 0.05) is 13.0 Å². The summed E-state index contributed by atoms with van der Waals surface area (Å²) < 4.78 is 1.85. The summed E-state index contributed by atoms with van der Waals surface area (Å²) in [6.45, 7) is 6.61. The highest BCUT2D eigenvalue weighted by Crippen LogP contribution is 2.27. The second-order valence-electron chi connectivity index (χ2n) is 5.71. The van der Waals surface area contributed by atoms with Crippen molar-refractivity contribution in [2.45, 2.75) is 40.2 Å². The number of nitrogens with one attached hydrogen (secondary N) is 1. The maximum Gasteiger partial charge on any atom is 0.303 e. The SMILES string of the molecule is Cc1cc(-c2nc[nH]n2)n(CC(C)(C)CCC(=O)O)n1. The van der Waals surface area contributed by atoms with Crippen molar-refractivity contribution in [3.63, 3.8) is 0 Å². The second kappa shape index (κ2) is 5.44. The van der Waals surface area contributed by atoms with Gasteiger partial charge in [-0.25, -0.2) is 4.98 Å². The topological polar surface area (TPSA) is 96.7 Å². The summed E-state index contributed by atoms with van der Waals surface area (Å²) in [5.74, 6) is -0.177. The summed E-state index contributed by atoms with van der Waals surface area (Å²) in [5, 5.41) is 20.0. The highest BCUT2D eigenvalue weighted by Gasteiger charge is 2.23. The lowest BCUT2D eigenvalue weighted by atomic mass is 9.88. The van der Waals surface area contributed by atoms with E-state index in [0.717, 1.165) is 11.4 Å². The number of carboxylic acids is 1. The first-order valence-electron chi connectivity index (χ1n) is 6.50. The Hall–Kier alpha value is -2.18. The van der Waals surface area contributed by atoms with Gasteiger partial charge < -0.3 is 5.11 Å². The van der Waals surface area contributed by atoms with Crippen molar-refractivity contribution in [1.29, 1.82) is 0 Å².